The van der Waals surface area contributed by atoms with E-state index >= 15 is 0 Å². The van der Waals surface area contributed by atoms with E-state index in [1.807, 2.05) is 34.6 Å². The highest BCUT2D eigenvalue weighted by Gasteiger charge is 2.20. The number of aryl methyl sites for hydroxylation is 2. The van der Waals surface area contributed by atoms with Crippen LogP contribution in [-0.2, 0) is 4.79 Å². The Kier molecular flexibility index (Phi) is 6.78. The molecule has 10 heteroatoms. The van der Waals surface area contributed by atoms with Crippen LogP contribution in [0.3, 0.4) is 0 Å². The molecule has 0 bridgehead atoms. The van der Waals surface area contributed by atoms with Gasteiger partial charge in [-0.2, -0.15) is 0 Å². The lowest BCUT2D eigenvalue weighted by Gasteiger charge is -2.20. The maximum atomic E-state index is 13.4. The molecule has 1 aromatic carbocycles. The third kappa shape index (κ3) is 5.47. The zero-order chi connectivity index (χ0) is 22.9. The van der Waals surface area contributed by atoms with Crippen molar-refractivity contribution < 1.29 is 9.59 Å². The van der Waals surface area contributed by atoms with Gasteiger partial charge in [0.1, 0.15) is 4.83 Å². The summed E-state index contributed by atoms with van der Waals surface area (Å²) >= 11 is 8.53. The summed E-state index contributed by atoms with van der Waals surface area (Å²) in [5.74, 6) is -0.561. The predicted octanol–water partition coefficient (Wildman–Crippen LogP) is 4.43. The van der Waals surface area contributed by atoms with Crippen LogP contribution in [0.5, 0.6) is 0 Å². The first kappa shape index (κ1) is 23.3. The molecule has 0 aliphatic rings. The molecule has 3 amide bonds. The number of nitrogens with zero attached hydrogens (tertiary/aromatic N) is 2. The van der Waals surface area contributed by atoms with Crippen LogP contribution in [0.25, 0.3) is 15.9 Å². The lowest BCUT2D eigenvalue weighted by Crippen LogP contribution is -2.48. The second-order valence-corrected chi connectivity index (χ2v) is 10.6. The number of benzene rings is 1. The lowest BCUT2D eigenvalue weighted by molar-refractivity contribution is -0.117. The van der Waals surface area contributed by atoms with Crippen molar-refractivity contribution in [2.45, 2.75) is 45.3 Å². The summed E-state index contributed by atoms with van der Waals surface area (Å²) in [6.45, 7) is 9.31. The minimum Gasteiger partial charge on any atom is -0.333 e. The molecule has 3 aromatic rings. The fraction of sp³-hybridized carbons (Fsp3) is 0.333. The minimum absolute atomic E-state index is 0.0769. The lowest BCUT2D eigenvalue weighted by atomic mass is 10.1. The zero-order valence-electron chi connectivity index (χ0n) is 17.8. The maximum absolute atomic E-state index is 13.4. The zero-order valence-corrected chi connectivity index (χ0v) is 20.2. The number of amides is 3. The van der Waals surface area contributed by atoms with E-state index in [0.717, 1.165) is 22.2 Å². The van der Waals surface area contributed by atoms with E-state index < -0.39 is 17.5 Å². The maximum Gasteiger partial charge on any atom is 0.321 e. The number of hydrogen-bond donors (Lipinski definition) is 2. The number of carbonyl (C=O) groups is 2. The summed E-state index contributed by atoms with van der Waals surface area (Å²) in [4.78, 5) is 43.9. The predicted molar refractivity (Wildman–Crippen MR) is 127 cm³/mol. The monoisotopic (exact) mass is 478 g/mol. The smallest absolute Gasteiger partial charge is 0.321 e. The van der Waals surface area contributed by atoms with E-state index in [9.17, 15) is 14.4 Å². The minimum atomic E-state index is -0.568. The van der Waals surface area contributed by atoms with Crippen LogP contribution in [-0.4, -0.2) is 32.8 Å². The van der Waals surface area contributed by atoms with Gasteiger partial charge < -0.3 is 5.32 Å². The third-order valence-electron chi connectivity index (χ3n) is 4.33. The van der Waals surface area contributed by atoms with Gasteiger partial charge in [0.25, 0.3) is 5.56 Å². The molecule has 0 spiro atoms. The van der Waals surface area contributed by atoms with Crippen LogP contribution in [0.1, 0.15) is 31.2 Å². The van der Waals surface area contributed by atoms with Gasteiger partial charge in [0.15, 0.2) is 5.16 Å². The van der Waals surface area contributed by atoms with Gasteiger partial charge in [-0.15, -0.1) is 11.3 Å². The molecule has 2 heterocycles. The molecule has 31 heavy (non-hydrogen) atoms. The van der Waals surface area contributed by atoms with E-state index in [4.69, 9.17) is 11.6 Å². The van der Waals surface area contributed by atoms with E-state index in [1.54, 1.807) is 24.3 Å². The summed E-state index contributed by atoms with van der Waals surface area (Å²) < 4.78 is 1.48. The third-order valence-corrected chi connectivity index (χ3v) is 6.62. The summed E-state index contributed by atoms with van der Waals surface area (Å²) in [6, 6.07) is 6.27. The van der Waals surface area contributed by atoms with E-state index in [0.29, 0.717) is 26.1 Å². The number of imide groups is 1. The Labute approximate surface area is 193 Å². The van der Waals surface area contributed by atoms with Crippen molar-refractivity contribution in [2.24, 2.45) is 0 Å². The Bertz CT molecular complexity index is 1210. The van der Waals surface area contributed by atoms with Gasteiger partial charge in [0.05, 0.1) is 16.8 Å². The largest absolute Gasteiger partial charge is 0.333 e. The van der Waals surface area contributed by atoms with Crippen molar-refractivity contribution in [3.63, 3.8) is 0 Å². The highest BCUT2D eigenvalue weighted by molar-refractivity contribution is 7.99. The van der Waals surface area contributed by atoms with Crippen molar-refractivity contribution in [2.75, 3.05) is 5.75 Å². The van der Waals surface area contributed by atoms with Gasteiger partial charge in [-0.05, 0) is 64.4 Å². The second-order valence-electron chi connectivity index (χ2n) is 8.02. The molecule has 2 N–H and O–H groups in total. The van der Waals surface area contributed by atoms with Crippen LogP contribution in [0.15, 0.2) is 34.2 Å². The van der Waals surface area contributed by atoms with Crippen LogP contribution < -0.4 is 16.2 Å². The van der Waals surface area contributed by atoms with E-state index in [-0.39, 0.29) is 11.3 Å². The molecule has 0 aliphatic heterocycles. The molecule has 164 valence electrons. The van der Waals surface area contributed by atoms with Crippen LogP contribution in [0, 0.1) is 13.8 Å². The van der Waals surface area contributed by atoms with Gasteiger partial charge in [0.2, 0.25) is 5.91 Å². The fourth-order valence-electron chi connectivity index (χ4n) is 2.85. The van der Waals surface area contributed by atoms with Gasteiger partial charge in [-0.25, -0.2) is 9.78 Å². The highest BCUT2D eigenvalue weighted by Crippen LogP contribution is 2.29. The number of urea groups is 1. The highest BCUT2D eigenvalue weighted by atomic mass is 35.5. The number of aromatic nitrogens is 2. The summed E-state index contributed by atoms with van der Waals surface area (Å²) in [6.07, 6.45) is 0. The number of thioether (sulfide) groups is 1. The van der Waals surface area contributed by atoms with E-state index in [2.05, 4.69) is 15.6 Å². The number of hydrogen-bond acceptors (Lipinski definition) is 6. The van der Waals surface area contributed by atoms with Crippen molar-refractivity contribution >= 4 is 56.9 Å². The Morgan fingerprint density at radius 3 is 2.45 bits per heavy atom. The molecule has 0 atom stereocenters. The number of fused-ring (bicyclic) bond motifs is 1. The van der Waals surface area contributed by atoms with Crippen molar-refractivity contribution in [3.8, 4) is 5.69 Å². The van der Waals surface area contributed by atoms with Gasteiger partial charge in [-0.3, -0.25) is 19.5 Å². The quantitative estimate of drug-likeness (QED) is 0.427. The molecule has 3 rings (SSSR count). The van der Waals surface area contributed by atoms with Gasteiger partial charge in [-0.1, -0.05) is 23.4 Å². The number of thiophene rings is 1. The van der Waals surface area contributed by atoms with Crippen LogP contribution in [0.4, 0.5) is 4.79 Å². The first-order valence-electron chi connectivity index (χ1n) is 9.50. The standard InChI is InChI=1S/C21H23ClN4O3S2/c1-11-12(2)31-17-16(11)18(28)26(14-8-6-13(22)7-9-14)20(24-17)30-10-15(27)23-19(29)25-21(3,4)5/h6-9H,10H2,1-5H3,(H2,23,25,27,29). The van der Waals surface area contributed by atoms with Crippen LogP contribution >= 0.6 is 34.7 Å². The molecule has 0 aliphatic carbocycles. The average Bonchev–Trinajstić information content (AvgIpc) is 2.93. The molecular formula is C21H23ClN4O3S2. The SMILES string of the molecule is Cc1sc2nc(SCC(=O)NC(=O)NC(C)(C)C)n(-c3ccc(Cl)cc3)c(=O)c2c1C. The summed E-state index contributed by atoms with van der Waals surface area (Å²) in [5, 5.41) is 6.45. The topological polar surface area (TPSA) is 93.1 Å². The Hall–Kier alpha value is -2.36. The Morgan fingerprint density at radius 1 is 1.19 bits per heavy atom. The number of halogens is 1. The molecule has 7 nitrogen and oxygen atoms in total. The summed E-state index contributed by atoms with van der Waals surface area (Å²) in [5.41, 5.74) is 0.824. The number of nitrogens with one attached hydrogen (secondary N) is 2. The van der Waals surface area contributed by atoms with Gasteiger partial charge in [0, 0.05) is 15.4 Å². The van der Waals surface area contributed by atoms with Crippen molar-refractivity contribution in [3.05, 3.63) is 50.1 Å². The Balaban J connectivity index is 1.94. The first-order chi connectivity index (χ1) is 14.5. The molecule has 0 saturated heterocycles. The second kappa shape index (κ2) is 9.02. The molecule has 2 aromatic heterocycles. The number of carbonyl (C=O) groups excluding carboxylic acids is 2. The molecule has 0 fully saturated rings. The number of rotatable bonds is 4. The first-order valence-corrected chi connectivity index (χ1v) is 11.7. The molecule has 0 unspecified atom stereocenters. The van der Waals surface area contributed by atoms with E-state index in [1.165, 1.54) is 15.9 Å². The van der Waals surface area contributed by atoms with Gasteiger partial charge >= 0.3 is 6.03 Å². The summed E-state index contributed by atoms with van der Waals surface area (Å²) in [7, 11) is 0. The van der Waals surface area contributed by atoms with Crippen LogP contribution in [0.2, 0.25) is 5.02 Å². The molecular weight excluding hydrogens is 456 g/mol. The average molecular weight is 479 g/mol. The molecule has 0 saturated carbocycles. The fourth-order valence-corrected chi connectivity index (χ4v) is 4.86. The normalized spacial score (nSPS) is 11.5. The van der Waals surface area contributed by atoms with Crippen molar-refractivity contribution in [1.82, 2.24) is 20.2 Å². The molecule has 0 radical (unpaired) electrons. The Morgan fingerprint density at radius 2 is 1.84 bits per heavy atom. The van der Waals surface area contributed by atoms with Crippen molar-refractivity contribution in [1.29, 1.82) is 0 Å².